The molecule has 1 saturated carbocycles. The van der Waals surface area contributed by atoms with E-state index in [0.29, 0.717) is 17.4 Å². The van der Waals surface area contributed by atoms with E-state index in [9.17, 15) is 4.79 Å². The van der Waals surface area contributed by atoms with Crippen LogP contribution in [0.5, 0.6) is 0 Å². The van der Waals surface area contributed by atoms with Gasteiger partial charge in [-0.05, 0) is 25.2 Å². The van der Waals surface area contributed by atoms with Gasteiger partial charge in [0.05, 0.1) is 12.4 Å². The number of rotatable bonds is 5. The summed E-state index contributed by atoms with van der Waals surface area (Å²) in [4.78, 5) is 20.6. The number of amides is 1. The van der Waals surface area contributed by atoms with E-state index >= 15 is 0 Å². The monoisotopic (exact) mass is 276 g/mol. The standard InChI is InChI=1S/C15H24N4O/c1-3-8-17-14-10-16-9-13(18-14)15(20)19-12-7-5-4-6-11(12)2/h9-12H,3-8H2,1-2H3,(H,17,18)(H,19,20). The number of anilines is 1. The minimum absolute atomic E-state index is 0.114. The number of carbonyl (C=O) groups excluding carboxylic acids is 1. The highest BCUT2D eigenvalue weighted by Gasteiger charge is 2.23. The molecule has 0 spiro atoms. The van der Waals surface area contributed by atoms with Gasteiger partial charge in [-0.15, -0.1) is 0 Å². The molecule has 2 unspecified atom stereocenters. The molecular weight excluding hydrogens is 252 g/mol. The summed E-state index contributed by atoms with van der Waals surface area (Å²) in [5.41, 5.74) is 0.392. The van der Waals surface area contributed by atoms with Gasteiger partial charge in [-0.1, -0.05) is 26.7 Å². The van der Waals surface area contributed by atoms with Gasteiger partial charge in [0, 0.05) is 12.6 Å². The lowest BCUT2D eigenvalue weighted by atomic mass is 9.86. The Hall–Kier alpha value is -1.65. The second-order valence-corrected chi connectivity index (χ2v) is 5.56. The zero-order valence-electron chi connectivity index (χ0n) is 12.4. The Morgan fingerprint density at radius 2 is 2.15 bits per heavy atom. The second kappa shape index (κ2) is 7.22. The summed E-state index contributed by atoms with van der Waals surface area (Å²) in [5, 5.41) is 6.25. The van der Waals surface area contributed by atoms with Crippen molar-refractivity contribution in [3.63, 3.8) is 0 Å². The fourth-order valence-electron chi connectivity index (χ4n) is 2.59. The van der Waals surface area contributed by atoms with Gasteiger partial charge in [-0.2, -0.15) is 0 Å². The van der Waals surface area contributed by atoms with Crippen LogP contribution in [0.4, 0.5) is 5.82 Å². The predicted molar refractivity (Wildman–Crippen MR) is 79.7 cm³/mol. The van der Waals surface area contributed by atoms with Crippen molar-refractivity contribution in [3.8, 4) is 0 Å². The van der Waals surface area contributed by atoms with Crippen molar-refractivity contribution in [2.45, 2.75) is 52.0 Å². The Morgan fingerprint density at radius 1 is 1.35 bits per heavy atom. The van der Waals surface area contributed by atoms with Crippen molar-refractivity contribution in [2.75, 3.05) is 11.9 Å². The third-order valence-electron chi connectivity index (χ3n) is 3.85. The normalized spacial score (nSPS) is 22.3. The number of carbonyl (C=O) groups is 1. The van der Waals surface area contributed by atoms with Crippen molar-refractivity contribution >= 4 is 11.7 Å². The average molecular weight is 276 g/mol. The van der Waals surface area contributed by atoms with Gasteiger partial charge < -0.3 is 10.6 Å². The lowest BCUT2D eigenvalue weighted by molar-refractivity contribution is 0.0905. The molecule has 1 aromatic heterocycles. The van der Waals surface area contributed by atoms with E-state index in [1.54, 1.807) is 6.20 Å². The summed E-state index contributed by atoms with van der Waals surface area (Å²) in [6, 6.07) is 0.269. The van der Waals surface area contributed by atoms with E-state index in [1.165, 1.54) is 25.5 Å². The van der Waals surface area contributed by atoms with Crippen LogP contribution >= 0.6 is 0 Å². The topological polar surface area (TPSA) is 66.9 Å². The summed E-state index contributed by atoms with van der Waals surface area (Å²) >= 11 is 0. The Balaban J connectivity index is 1.97. The molecule has 0 radical (unpaired) electrons. The molecule has 2 rings (SSSR count). The quantitative estimate of drug-likeness (QED) is 0.867. The number of nitrogens with one attached hydrogen (secondary N) is 2. The zero-order chi connectivity index (χ0) is 14.4. The van der Waals surface area contributed by atoms with Crippen LogP contribution in [0.1, 0.15) is 56.4 Å². The van der Waals surface area contributed by atoms with Crippen LogP contribution in [0.25, 0.3) is 0 Å². The smallest absolute Gasteiger partial charge is 0.271 e. The molecule has 5 nitrogen and oxygen atoms in total. The molecule has 2 N–H and O–H groups in total. The fourth-order valence-corrected chi connectivity index (χ4v) is 2.59. The van der Waals surface area contributed by atoms with Crippen molar-refractivity contribution in [1.29, 1.82) is 0 Å². The number of hydrogen-bond acceptors (Lipinski definition) is 4. The summed E-state index contributed by atoms with van der Waals surface area (Å²) in [6.45, 7) is 5.12. The highest BCUT2D eigenvalue weighted by molar-refractivity contribution is 5.92. The molecule has 1 aliphatic rings. The van der Waals surface area contributed by atoms with Gasteiger partial charge in [0.2, 0.25) is 0 Å². The third-order valence-corrected chi connectivity index (χ3v) is 3.85. The average Bonchev–Trinajstić information content (AvgIpc) is 2.48. The Kier molecular flexibility index (Phi) is 5.32. The van der Waals surface area contributed by atoms with E-state index in [-0.39, 0.29) is 11.9 Å². The highest BCUT2D eigenvalue weighted by atomic mass is 16.1. The van der Waals surface area contributed by atoms with E-state index in [2.05, 4.69) is 34.4 Å². The molecular formula is C15H24N4O. The molecule has 2 atom stereocenters. The molecule has 20 heavy (non-hydrogen) atoms. The molecule has 1 aliphatic carbocycles. The van der Waals surface area contributed by atoms with Gasteiger partial charge in [0.25, 0.3) is 5.91 Å². The SMILES string of the molecule is CCCNc1cncc(C(=O)NC2CCCCC2C)n1. The first-order valence-corrected chi connectivity index (χ1v) is 7.57. The lowest BCUT2D eigenvalue weighted by Crippen LogP contribution is -2.41. The fraction of sp³-hybridized carbons (Fsp3) is 0.667. The molecule has 110 valence electrons. The van der Waals surface area contributed by atoms with Gasteiger partial charge in [-0.3, -0.25) is 9.78 Å². The van der Waals surface area contributed by atoms with Gasteiger partial charge in [-0.25, -0.2) is 4.98 Å². The van der Waals surface area contributed by atoms with Crippen LogP contribution in [0.3, 0.4) is 0 Å². The molecule has 0 aromatic carbocycles. The predicted octanol–water partition coefficient (Wildman–Crippen LogP) is 2.61. The van der Waals surface area contributed by atoms with Crippen molar-refractivity contribution in [2.24, 2.45) is 5.92 Å². The van der Waals surface area contributed by atoms with E-state index in [4.69, 9.17) is 0 Å². The van der Waals surface area contributed by atoms with Gasteiger partial charge >= 0.3 is 0 Å². The van der Waals surface area contributed by atoms with Crippen molar-refractivity contribution < 1.29 is 4.79 Å². The maximum Gasteiger partial charge on any atom is 0.271 e. The van der Waals surface area contributed by atoms with Crippen LogP contribution in [0, 0.1) is 5.92 Å². The number of nitrogens with zero attached hydrogens (tertiary/aromatic N) is 2. The zero-order valence-corrected chi connectivity index (χ0v) is 12.4. The highest BCUT2D eigenvalue weighted by Crippen LogP contribution is 2.23. The maximum absolute atomic E-state index is 12.2. The first-order chi connectivity index (χ1) is 9.70. The molecule has 5 heteroatoms. The number of hydrogen-bond donors (Lipinski definition) is 2. The summed E-state index contributed by atoms with van der Waals surface area (Å²) in [5.74, 6) is 1.09. The summed E-state index contributed by atoms with van der Waals surface area (Å²) < 4.78 is 0. The molecule has 0 saturated heterocycles. The maximum atomic E-state index is 12.2. The first-order valence-electron chi connectivity index (χ1n) is 7.57. The van der Waals surface area contributed by atoms with Gasteiger partial charge in [0.15, 0.2) is 0 Å². The molecule has 0 aliphatic heterocycles. The first kappa shape index (κ1) is 14.8. The Bertz CT molecular complexity index is 449. The largest absolute Gasteiger partial charge is 0.369 e. The molecule has 1 aromatic rings. The van der Waals surface area contributed by atoms with Gasteiger partial charge in [0.1, 0.15) is 11.5 Å². The van der Waals surface area contributed by atoms with Crippen LogP contribution in [0.2, 0.25) is 0 Å². The second-order valence-electron chi connectivity index (χ2n) is 5.56. The minimum atomic E-state index is -0.114. The van der Waals surface area contributed by atoms with Crippen LogP contribution in [-0.2, 0) is 0 Å². The molecule has 1 heterocycles. The summed E-state index contributed by atoms with van der Waals surface area (Å²) in [7, 11) is 0. The van der Waals surface area contributed by atoms with E-state index < -0.39 is 0 Å². The van der Waals surface area contributed by atoms with Crippen LogP contribution < -0.4 is 10.6 Å². The molecule has 1 amide bonds. The minimum Gasteiger partial charge on any atom is -0.369 e. The van der Waals surface area contributed by atoms with E-state index in [1.807, 2.05) is 0 Å². The van der Waals surface area contributed by atoms with Crippen LogP contribution in [0.15, 0.2) is 12.4 Å². The van der Waals surface area contributed by atoms with Crippen molar-refractivity contribution in [3.05, 3.63) is 18.1 Å². The Morgan fingerprint density at radius 3 is 2.90 bits per heavy atom. The van der Waals surface area contributed by atoms with Crippen molar-refractivity contribution in [1.82, 2.24) is 15.3 Å². The molecule has 1 fully saturated rings. The lowest BCUT2D eigenvalue weighted by Gasteiger charge is -2.29. The Labute approximate surface area is 120 Å². The summed E-state index contributed by atoms with van der Waals surface area (Å²) in [6.07, 6.45) is 8.90. The van der Waals surface area contributed by atoms with E-state index in [0.717, 1.165) is 19.4 Å². The number of aromatic nitrogens is 2. The third kappa shape index (κ3) is 3.92. The van der Waals surface area contributed by atoms with Crippen LogP contribution in [-0.4, -0.2) is 28.5 Å². The molecule has 0 bridgehead atoms.